The lowest BCUT2D eigenvalue weighted by molar-refractivity contribution is -0.135. The number of carbonyl (C=O) groups excluding carboxylic acids is 2. The van der Waals surface area contributed by atoms with E-state index in [1.807, 2.05) is 36.4 Å². The van der Waals surface area contributed by atoms with Crippen molar-refractivity contribution in [2.24, 2.45) is 0 Å². The molecule has 2 aromatic rings. The molecule has 0 aliphatic carbocycles. The third kappa shape index (κ3) is 12.9. The van der Waals surface area contributed by atoms with Gasteiger partial charge in [0.1, 0.15) is 11.5 Å². The molecule has 0 saturated heterocycles. The molecule has 0 heterocycles. The van der Waals surface area contributed by atoms with Gasteiger partial charge < -0.3 is 9.47 Å². The molecule has 2 rings (SSSR count). The first-order valence-electron chi connectivity index (χ1n) is 12.3. The second-order valence-electron chi connectivity index (χ2n) is 8.32. The Morgan fingerprint density at radius 3 is 1.03 bits per heavy atom. The summed E-state index contributed by atoms with van der Waals surface area (Å²) in [6.07, 6.45) is 15.0. The number of hydrogen-bond acceptors (Lipinski definition) is 4. The molecule has 0 aromatic heterocycles. The van der Waals surface area contributed by atoms with Crippen LogP contribution in [0.3, 0.4) is 0 Å². The lowest BCUT2D eigenvalue weighted by atomic mass is 10.0. The summed E-state index contributed by atoms with van der Waals surface area (Å²) >= 11 is 0. The van der Waals surface area contributed by atoms with Crippen molar-refractivity contribution in [1.29, 1.82) is 0 Å². The summed E-state index contributed by atoms with van der Waals surface area (Å²) in [6, 6.07) is 18.5. The molecule has 0 aliphatic heterocycles. The van der Waals surface area contributed by atoms with Crippen LogP contribution in [0.5, 0.6) is 11.5 Å². The number of hydrogen-bond donors (Lipinski definition) is 0. The molecule has 2 aromatic carbocycles. The fourth-order valence-electron chi connectivity index (χ4n) is 3.65. The van der Waals surface area contributed by atoms with Gasteiger partial charge in [0.05, 0.1) is 0 Å². The van der Waals surface area contributed by atoms with Crippen LogP contribution >= 0.6 is 0 Å². The zero-order valence-corrected chi connectivity index (χ0v) is 19.3. The summed E-state index contributed by atoms with van der Waals surface area (Å²) in [6.45, 7) is 0. The molecule has 0 unspecified atom stereocenters. The number of rotatable bonds is 17. The van der Waals surface area contributed by atoms with E-state index in [0.29, 0.717) is 24.3 Å². The van der Waals surface area contributed by atoms with Crippen LogP contribution in [0.15, 0.2) is 60.7 Å². The second-order valence-corrected chi connectivity index (χ2v) is 8.32. The first kappa shape index (κ1) is 25.6. The molecule has 0 bridgehead atoms. The number of para-hydroxylation sites is 2. The molecule has 0 aliphatic rings. The maximum atomic E-state index is 11.8. The summed E-state index contributed by atoms with van der Waals surface area (Å²) in [4.78, 5) is 23.6. The van der Waals surface area contributed by atoms with E-state index in [2.05, 4.69) is 0 Å². The molecular formula is C28H38O4. The number of ether oxygens (including phenoxy) is 2. The molecule has 0 fully saturated rings. The number of esters is 2. The molecule has 32 heavy (non-hydrogen) atoms. The summed E-state index contributed by atoms with van der Waals surface area (Å²) in [5, 5.41) is 0. The molecule has 4 nitrogen and oxygen atoms in total. The monoisotopic (exact) mass is 438 g/mol. The fraction of sp³-hybridized carbons (Fsp3) is 0.500. The van der Waals surface area contributed by atoms with E-state index in [1.54, 1.807) is 24.3 Å². The van der Waals surface area contributed by atoms with E-state index in [4.69, 9.17) is 9.47 Å². The zero-order chi connectivity index (χ0) is 22.7. The molecule has 0 amide bonds. The van der Waals surface area contributed by atoms with Crippen molar-refractivity contribution in [3.63, 3.8) is 0 Å². The minimum Gasteiger partial charge on any atom is -0.427 e. The van der Waals surface area contributed by atoms with Crippen molar-refractivity contribution in [2.45, 2.75) is 89.9 Å². The van der Waals surface area contributed by atoms with Crippen molar-refractivity contribution in [3.05, 3.63) is 60.7 Å². The van der Waals surface area contributed by atoms with Gasteiger partial charge in [0, 0.05) is 12.8 Å². The van der Waals surface area contributed by atoms with Crippen LogP contribution in [0.25, 0.3) is 0 Å². The fourth-order valence-corrected chi connectivity index (χ4v) is 3.65. The van der Waals surface area contributed by atoms with Crippen LogP contribution in [-0.4, -0.2) is 11.9 Å². The lowest BCUT2D eigenvalue weighted by Gasteiger charge is -2.05. The predicted octanol–water partition coefficient (Wildman–Crippen LogP) is 7.66. The van der Waals surface area contributed by atoms with Crippen molar-refractivity contribution in [3.8, 4) is 11.5 Å². The van der Waals surface area contributed by atoms with Gasteiger partial charge >= 0.3 is 11.9 Å². The molecule has 0 saturated carbocycles. The Morgan fingerprint density at radius 2 is 0.719 bits per heavy atom. The number of carbonyl (C=O) groups is 2. The highest BCUT2D eigenvalue weighted by Gasteiger charge is 2.05. The molecule has 0 atom stereocenters. The standard InChI is InChI=1S/C28H38O4/c29-27(31-25-19-13-11-14-20-25)23-17-9-7-5-3-1-2-4-6-8-10-18-24-28(30)32-26-21-15-12-16-22-26/h11-16,19-22H,1-10,17-18,23-24H2. The first-order chi connectivity index (χ1) is 15.7. The highest BCUT2D eigenvalue weighted by molar-refractivity contribution is 5.72. The molecule has 0 N–H and O–H groups in total. The smallest absolute Gasteiger partial charge is 0.311 e. The average Bonchev–Trinajstić information content (AvgIpc) is 2.80. The van der Waals surface area contributed by atoms with Crippen molar-refractivity contribution >= 4 is 11.9 Å². The number of benzene rings is 2. The Hall–Kier alpha value is -2.62. The minimum absolute atomic E-state index is 0.135. The van der Waals surface area contributed by atoms with Crippen LogP contribution in [-0.2, 0) is 9.59 Å². The van der Waals surface area contributed by atoms with Gasteiger partial charge in [-0.05, 0) is 37.1 Å². The largest absolute Gasteiger partial charge is 0.427 e. The van der Waals surface area contributed by atoms with Crippen LogP contribution in [0.4, 0.5) is 0 Å². The Kier molecular flexibility index (Phi) is 13.6. The van der Waals surface area contributed by atoms with Gasteiger partial charge in [0.15, 0.2) is 0 Å². The van der Waals surface area contributed by atoms with Gasteiger partial charge in [-0.2, -0.15) is 0 Å². The predicted molar refractivity (Wildman–Crippen MR) is 129 cm³/mol. The molecule has 174 valence electrons. The van der Waals surface area contributed by atoms with E-state index in [1.165, 1.54) is 51.4 Å². The molecular weight excluding hydrogens is 400 g/mol. The van der Waals surface area contributed by atoms with Crippen LogP contribution in [0, 0.1) is 0 Å². The van der Waals surface area contributed by atoms with E-state index in [0.717, 1.165) is 25.7 Å². The summed E-state index contributed by atoms with van der Waals surface area (Å²) in [5.41, 5.74) is 0. The third-order valence-electron chi connectivity index (χ3n) is 5.46. The zero-order valence-electron chi connectivity index (χ0n) is 19.3. The van der Waals surface area contributed by atoms with E-state index < -0.39 is 0 Å². The average molecular weight is 439 g/mol. The van der Waals surface area contributed by atoms with E-state index in [-0.39, 0.29) is 11.9 Å². The van der Waals surface area contributed by atoms with Gasteiger partial charge in [0.25, 0.3) is 0 Å². The Morgan fingerprint density at radius 1 is 0.438 bits per heavy atom. The van der Waals surface area contributed by atoms with Gasteiger partial charge in [-0.1, -0.05) is 101 Å². The molecule has 0 radical (unpaired) electrons. The molecule has 0 spiro atoms. The van der Waals surface area contributed by atoms with Gasteiger partial charge in [0.2, 0.25) is 0 Å². The van der Waals surface area contributed by atoms with Gasteiger partial charge in [-0.25, -0.2) is 0 Å². The highest BCUT2D eigenvalue weighted by Crippen LogP contribution is 2.15. The highest BCUT2D eigenvalue weighted by atomic mass is 16.5. The van der Waals surface area contributed by atoms with Crippen LogP contribution in [0.1, 0.15) is 89.9 Å². The maximum absolute atomic E-state index is 11.8. The van der Waals surface area contributed by atoms with Crippen molar-refractivity contribution in [2.75, 3.05) is 0 Å². The number of unbranched alkanes of at least 4 members (excludes halogenated alkanes) is 11. The van der Waals surface area contributed by atoms with Crippen LogP contribution in [0.2, 0.25) is 0 Å². The summed E-state index contributed by atoms with van der Waals surface area (Å²) < 4.78 is 10.6. The van der Waals surface area contributed by atoms with Crippen LogP contribution < -0.4 is 9.47 Å². The quantitative estimate of drug-likeness (QED) is 0.144. The second kappa shape index (κ2) is 17.0. The first-order valence-corrected chi connectivity index (χ1v) is 12.3. The van der Waals surface area contributed by atoms with Gasteiger partial charge in [-0.3, -0.25) is 9.59 Å². The SMILES string of the molecule is O=C(CCCCCCCCCCCCCCC(=O)Oc1ccccc1)Oc1ccccc1. The third-order valence-corrected chi connectivity index (χ3v) is 5.46. The van der Waals surface area contributed by atoms with Crippen molar-refractivity contribution in [1.82, 2.24) is 0 Å². The Labute approximate surface area is 193 Å². The van der Waals surface area contributed by atoms with E-state index >= 15 is 0 Å². The van der Waals surface area contributed by atoms with Gasteiger partial charge in [-0.15, -0.1) is 0 Å². The summed E-state index contributed by atoms with van der Waals surface area (Å²) in [5.74, 6) is 0.986. The maximum Gasteiger partial charge on any atom is 0.311 e. The van der Waals surface area contributed by atoms with Crippen molar-refractivity contribution < 1.29 is 19.1 Å². The molecule has 4 heteroatoms. The topological polar surface area (TPSA) is 52.6 Å². The van der Waals surface area contributed by atoms with E-state index in [9.17, 15) is 9.59 Å². The minimum atomic E-state index is -0.135. The Balaban J connectivity index is 1.30. The Bertz CT molecular complexity index is 677. The summed E-state index contributed by atoms with van der Waals surface area (Å²) in [7, 11) is 0. The lowest BCUT2D eigenvalue weighted by Crippen LogP contribution is -2.07. The normalized spacial score (nSPS) is 10.6.